The molecule has 4 aromatic rings. The molecule has 0 saturated carbocycles. The molecule has 0 unspecified atom stereocenters. The molecular weight excluding hydrogens is 326 g/mol. The summed E-state index contributed by atoms with van der Waals surface area (Å²) in [7, 11) is 0. The molecule has 0 spiro atoms. The number of anilines is 1. The van der Waals surface area contributed by atoms with E-state index in [0.29, 0.717) is 22.6 Å². The first-order valence-corrected chi connectivity index (χ1v) is 9.07. The van der Waals surface area contributed by atoms with Crippen molar-refractivity contribution in [1.29, 1.82) is 0 Å². The van der Waals surface area contributed by atoms with Gasteiger partial charge in [-0.1, -0.05) is 30.3 Å². The van der Waals surface area contributed by atoms with Gasteiger partial charge >= 0.3 is 5.56 Å². The molecule has 1 aliphatic heterocycles. The number of rotatable bonds is 2. The van der Waals surface area contributed by atoms with Crippen molar-refractivity contribution in [2.45, 2.75) is 19.3 Å². The number of fused-ring (bicyclic) bond motifs is 3. The Morgan fingerprint density at radius 2 is 1.62 bits per heavy atom. The summed E-state index contributed by atoms with van der Waals surface area (Å²) in [5.74, 6) is 0.708. The summed E-state index contributed by atoms with van der Waals surface area (Å²) in [5, 5.41) is 0.887. The van der Waals surface area contributed by atoms with Gasteiger partial charge in [0, 0.05) is 18.5 Å². The SMILES string of the molecule is O=c1c2oc3ccccc3c2nc(N2CCCCC2)n1-c1ccccc1. The van der Waals surface area contributed by atoms with E-state index < -0.39 is 0 Å². The van der Waals surface area contributed by atoms with Crippen LogP contribution in [0.2, 0.25) is 0 Å². The average molecular weight is 345 g/mol. The highest BCUT2D eigenvalue weighted by Gasteiger charge is 2.23. The van der Waals surface area contributed by atoms with Crippen LogP contribution in [0.15, 0.2) is 63.8 Å². The minimum Gasteiger partial charge on any atom is -0.448 e. The Bertz CT molecular complexity index is 1140. The minimum absolute atomic E-state index is 0.155. The lowest BCUT2D eigenvalue weighted by Gasteiger charge is -2.29. The third-order valence-electron chi connectivity index (χ3n) is 5.03. The number of aromatic nitrogens is 2. The lowest BCUT2D eigenvalue weighted by atomic mass is 10.1. The van der Waals surface area contributed by atoms with E-state index in [1.807, 2.05) is 54.6 Å². The Hall–Kier alpha value is -3.08. The zero-order chi connectivity index (χ0) is 17.5. The van der Waals surface area contributed by atoms with Crippen LogP contribution in [0.1, 0.15) is 19.3 Å². The summed E-state index contributed by atoms with van der Waals surface area (Å²) in [6.45, 7) is 1.83. The molecule has 0 bridgehead atoms. The van der Waals surface area contributed by atoms with Gasteiger partial charge in [0.05, 0.1) is 5.69 Å². The highest BCUT2D eigenvalue weighted by molar-refractivity contribution is 6.02. The molecule has 26 heavy (non-hydrogen) atoms. The summed E-state index contributed by atoms with van der Waals surface area (Å²) < 4.78 is 7.56. The molecule has 5 rings (SSSR count). The second-order valence-corrected chi connectivity index (χ2v) is 6.71. The van der Waals surface area contributed by atoms with Gasteiger partial charge in [-0.25, -0.2) is 9.55 Å². The largest absolute Gasteiger partial charge is 0.448 e. The first-order chi connectivity index (χ1) is 12.8. The van der Waals surface area contributed by atoms with Crippen molar-refractivity contribution >= 4 is 28.0 Å². The Kier molecular flexibility index (Phi) is 3.52. The van der Waals surface area contributed by atoms with Crippen LogP contribution in [-0.4, -0.2) is 22.6 Å². The minimum atomic E-state index is -0.155. The van der Waals surface area contributed by atoms with Gasteiger partial charge in [0.25, 0.3) is 0 Å². The highest BCUT2D eigenvalue weighted by atomic mass is 16.3. The summed E-state index contributed by atoms with van der Waals surface area (Å²) >= 11 is 0. The molecule has 0 aliphatic carbocycles. The van der Waals surface area contributed by atoms with Gasteiger partial charge in [-0.15, -0.1) is 0 Å². The van der Waals surface area contributed by atoms with Crippen molar-refractivity contribution < 1.29 is 4.42 Å². The van der Waals surface area contributed by atoms with Crippen molar-refractivity contribution in [1.82, 2.24) is 9.55 Å². The number of furan rings is 1. The fourth-order valence-electron chi connectivity index (χ4n) is 3.75. The van der Waals surface area contributed by atoms with Crippen molar-refractivity contribution in [2.75, 3.05) is 18.0 Å². The molecule has 2 aromatic heterocycles. The Labute approximate surface area is 150 Å². The van der Waals surface area contributed by atoms with Crippen molar-refractivity contribution in [3.05, 3.63) is 65.0 Å². The predicted octanol–water partition coefficient (Wildman–Crippen LogP) is 4.12. The Balaban J connectivity index is 1.86. The van der Waals surface area contributed by atoms with Gasteiger partial charge in [0.1, 0.15) is 11.1 Å². The standard InChI is InChI=1S/C21H19N3O2/c25-20-19-18(16-11-5-6-12-17(16)26-19)22-21(23-13-7-2-8-14-23)24(20)15-9-3-1-4-10-15/h1,3-6,9-12H,2,7-8,13-14H2. The second-order valence-electron chi connectivity index (χ2n) is 6.71. The van der Waals surface area contributed by atoms with Crippen molar-refractivity contribution in [3.8, 4) is 5.69 Å². The van der Waals surface area contributed by atoms with Gasteiger partial charge in [-0.2, -0.15) is 0 Å². The quantitative estimate of drug-likeness (QED) is 0.548. The average Bonchev–Trinajstić information content (AvgIpc) is 3.08. The number of benzene rings is 2. The first kappa shape index (κ1) is 15.2. The maximum absolute atomic E-state index is 13.4. The summed E-state index contributed by atoms with van der Waals surface area (Å²) in [5.41, 5.74) is 2.32. The molecule has 0 N–H and O–H groups in total. The zero-order valence-electron chi connectivity index (χ0n) is 14.4. The molecule has 5 heteroatoms. The summed E-state index contributed by atoms with van der Waals surface area (Å²) in [6, 6.07) is 17.4. The van der Waals surface area contributed by atoms with E-state index in [4.69, 9.17) is 9.40 Å². The van der Waals surface area contributed by atoms with Crippen LogP contribution in [0.4, 0.5) is 5.95 Å². The van der Waals surface area contributed by atoms with E-state index in [2.05, 4.69) is 4.90 Å². The maximum atomic E-state index is 13.4. The van der Waals surface area contributed by atoms with Gasteiger partial charge in [0.2, 0.25) is 11.5 Å². The Morgan fingerprint density at radius 1 is 0.885 bits per heavy atom. The van der Waals surface area contributed by atoms with E-state index in [9.17, 15) is 4.79 Å². The number of hydrogen-bond acceptors (Lipinski definition) is 4. The topological polar surface area (TPSA) is 51.3 Å². The molecule has 1 fully saturated rings. The first-order valence-electron chi connectivity index (χ1n) is 9.07. The van der Waals surface area contributed by atoms with Crippen LogP contribution >= 0.6 is 0 Å². The smallest absolute Gasteiger partial charge is 0.303 e. The molecule has 1 saturated heterocycles. The third-order valence-corrected chi connectivity index (χ3v) is 5.03. The lowest BCUT2D eigenvalue weighted by molar-refractivity contribution is 0.562. The third kappa shape index (κ3) is 2.31. The summed E-state index contributed by atoms with van der Waals surface area (Å²) in [4.78, 5) is 20.5. The number of hydrogen-bond donors (Lipinski definition) is 0. The fraction of sp³-hybridized carbons (Fsp3) is 0.238. The predicted molar refractivity (Wildman–Crippen MR) is 103 cm³/mol. The molecule has 2 aromatic carbocycles. The van der Waals surface area contributed by atoms with Crippen LogP contribution in [0.5, 0.6) is 0 Å². The van der Waals surface area contributed by atoms with E-state index in [1.165, 1.54) is 6.42 Å². The number of para-hydroxylation sites is 2. The number of piperidine rings is 1. The fourth-order valence-corrected chi connectivity index (χ4v) is 3.75. The van der Waals surface area contributed by atoms with Crippen molar-refractivity contribution in [2.24, 2.45) is 0 Å². The second kappa shape index (κ2) is 6.02. The monoisotopic (exact) mass is 345 g/mol. The number of nitrogens with zero attached hydrogens (tertiary/aromatic N) is 3. The maximum Gasteiger partial charge on any atom is 0.303 e. The van der Waals surface area contributed by atoms with Gasteiger partial charge in [-0.05, 0) is 43.5 Å². The van der Waals surface area contributed by atoms with Crippen LogP contribution in [0.25, 0.3) is 27.8 Å². The van der Waals surface area contributed by atoms with E-state index >= 15 is 0 Å². The van der Waals surface area contributed by atoms with Crippen LogP contribution in [0.3, 0.4) is 0 Å². The molecule has 130 valence electrons. The normalized spacial score (nSPS) is 15.0. The molecule has 0 atom stereocenters. The van der Waals surface area contributed by atoms with Gasteiger partial charge in [0.15, 0.2) is 0 Å². The molecule has 1 aliphatic rings. The highest BCUT2D eigenvalue weighted by Crippen LogP contribution is 2.28. The van der Waals surface area contributed by atoms with E-state index in [0.717, 1.165) is 37.0 Å². The van der Waals surface area contributed by atoms with E-state index in [1.54, 1.807) is 4.57 Å². The van der Waals surface area contributed by atoms with Crippen LogP contribution in [0, 0.1) is 0 Å². The van der Waals surface area contributed by atoms with Gasteiger partial charge in [-0.3, -0.25) is 4.79 Å². The molecule has 3 heterocycles. The zero-order valence-corrected chi connectivity index (χ0v) is 14.4. The molecule has 0 amide bonds. The van der Waals surface area contributed by atoms with Gasteiger partial charge < -0.3 is 9.32 Å². The molecule has 5 nitrogen and oxygen atoms in total. The van der Waals surface area contributed by atoms with Crippen molar-refractivity contribution in [3.63, 3.8) is 0 Å². The Morgan fingerprint density at radius 3 is 2.42 bits per heavy atom. The molecular formula is C21H19N3O2. The summed E-state index contributed by atoms with van der Waals surface area (Å²) in [6.07, 6.45) is 3.46. The lowest BCUT2D eigenvalue weighted by Crippen LogP contribution is -2.35. The molecule has 0 radical (unpaired) electrons. The van der Waals surface area contributed by atoms with E-state index in [-0.39, 0.29) is 5.56 Å². The van der Waals surface area contributed by atoms with Crippen LogP contribution < -0.4 is 10.5 Å². The van der Waals surface area contributed by atoms with Crippen LogP contribution in [-0.2, 0) is 0 Å².